The summed E-state index contributed by atoms with van der Waals surface area (Å²) in [4.78, 5) is 44.6. The summed E-state index contributed by atoms with van der Waals surface area (Å²) in [7, 11) is 0. The summed E-state index contributed by atoms with van der Waals surface area (Å²) >= 11 is 6.02. The Morgan fingerprint density at radius 1 is 0.881 bits per heavy atom. The minimum absolute atomic E-state index is 0.0774. The van der Waals surface area contributed by atoms with E-state index in [1.54, 1.807) is 41.0 Å². The van der Waals surface area contributed by atoms with Crippen LogP contribution in [0.25, 0.3) is 0 Å². The number of likely N-dealkylation sites (tertiary alicyclic amines) is 1. The molecule has 0 atom stereocenters. The fraction of sp³-hybridized carbons (Fsp3) is 0.333. The summed E-state index contributed by atoms with van der Waals surface area (Å²) in [6.45, 7) is 4.43. The van der Waals surface area contributed by atoms with E-state index in [1.165, 1.54) is 0 Å². The van der Waals surface area contributed by atoms with Crippen LogP contribution >= 0.6 is 11.6 Å². The van der Waals surface area contributed by atoms with Crippen LogP contribution in [0.5, 0.6) is 0 Å². The molecule has 3 aromatic carbocycles. The number of rotatable bonds is 8. The summed E-state index contributed by atoms with van der Waals surface area (Å²) < 4.78 is 5.09. The van der Waals surface area contributed by atoms with Gasteiger partial charge in [0.25, 0.3) is 5.91 Å². The smallest absolute Gasteiger partial charge is 0.306 e. The third-order valence-electron chi connectivity index (χ3n) is 7.72. The van der Waals surface area contributed by atoms with E-state index in [2.05, 4.69) is 4.90 Å². The Morgan fingerprint density at radius 3 is 2.24 bits per heavy atom. The largest absolute Gasteiger partial charge is 0.466 e. The van der Waals surface area contributed by atoms with Crippen molar-refractivity contribution in [1.82, 2.24) is 9.80 Å². The van der Waals surface area contributed by atoms with E-state index >= 15 is 0 Å². The number of carbonyl (C=O) groups is 3. The van der Waals surface area contributed by atoms with Gasteiger partial charge >= 0.3 is 5.97 Å². The van der Waals surface area contributed by atoms with Gasteiger partial charge in [-0.3, -0.25) is 19.8 Å². The number of aryl methyl sites for hydroxylation is 1. The quantitative estimate of drug-likeness (QED) is 0.215. The lowest BCUT2D eigenvalue weighted by atomic mass is 10.0. The van der Waals surface area contributed by atoms with Gasteiger partial charge in [-0.25, -0.2) is 0 Å². The van der Waals surface area contributed by atoms with Crippen molar-refractivity contribution in [1.29, 1.82) is 5.41 Å². The first kappa shape index (κ1) is 29.3. The number of benzene rings is 3. The molecule has 9 heteroatoms. The highest BCUT2D eigenvalue weighted by Crippen LogP contribution is 2.30. The Kier molecular flexibility index (Phi) is 9.22. The van der Waals surface area contributed by atoms with Crippen LogP contribution in [0.15, 0.2) is 66.7 Å². The van der Waals surface area contributed by atoms with Crippen molar-refractivity contribution in [2.75, 3.05) is 31.1 Å². The van der Waals surface area contributed by atoms with Crippen LogP contribution in [0.1, 0.15) is 58.8 Å². The summed E-state index contributed by atoms with van der Waals surface area (Å²) in [6, 6.07) is 20.3. The van der Waals surface area contributed by atoms with Crippen LogP contribution in [0.2, 0.25) is 5.02 Å². The van der Waals surface area contributed by atoms with E-state index in [0.29, 0.717) is 36.0 Å². The van der Waals surface area contributed by atoms with Gasteiger partial charge in [-0.1, -0.05) is 48.0 Å². The highest BCUT2D eigenvalue weighted by Gasteiger charge is 2.30. The van der Waals surface area contributed by atoms with Gasteiger partial charge in [0.15, 0.2) is 0 Å². The van der Waals surface area contributed by atoms with Crippen molar-refractivity contribution in [2.45, 2.75) is 45.7 Å². The van der Waals surface area contributed by atoms with Crippen molar-refractivity contribution in [3.8, 4) is 0 Å². The van der Waals surface area contributed by atoms with E-state index in [9.17, 15) is 14.4 Å². The van der Waals surface area contributed by atoms with Crippen molar-refractivity contribution >= 4 is 40.9 Å². The number of hydrogen-bond donors (Lipinski definition) is 1. The van der Waals surface area contributed by atoms with Crippen molar-refractivity contribution in [3.05, 3.63) is 99.6 Å². The van der Waals surface area contributed by atoms with Crippen molar-refractivity contribution in [3.63, 3.8) is 0 Å². The molecule has 0 radical (unpaired) electrons. The van der Waals surface area contributed by atoms with E-state index in [4.69, 9.17) is 21.7 Å². The minimum atomic E-state index is -0.264. The van der Waals surface area contributed by atoms with Crippen LogP contribution < -0.4 is 4.90 Å². The zero-order valence-electron chi connectivity index (χ0n) is 23.8. The van der Waals surface area contributed by atoms with Crippen LogP contribution in [-0.2, 0) is 33.8 Å². The number of fused-ring (bicyclic) bond motifs is 1. The van der Waals surface area contributed by atoms with Gasteiger partial charge in [0.2, 0.25) is 5.91 Å². The summed E-state index contributed by atoms with van der Waals surface area (Å²) in [5.74, 6) is -0.186. The lowest BCUT2D eigenvalue weighted by Gasteiger charge is -2.24. The number of ether oxygens (including phenoxy) is 1. The molecule has 0 aromatic heterocycles. The lowest BCUT2D eigenvalue weighted by molar-refractivity contribution is -0.143. The molecule has 3 aromatic rings. The first-order chi connectivity index (χ1) is 20.3. The Balaban J connectivity index is 1.42. The second kappa shape index (κ2) is 13.2. The molecule has 2 heterocycles. The molecule has 218 valence electrons. The maximum atomic E-state index is 13.8. The van der Waals surface area contributed by atoms with Gasteiger partial charge in [0, 0.05) is 47.9 Å². The van der Waals surface area contributed by atoms with Crippen LogP contribution in [-0.4, -0.2) is 59.7 Å². The molecule has 0 saturated carbocycles. The van der Waals surface area contributed by atoms with Crippen molar-refractivity contribution in [2.24, 2.45) is 0 Å². The van der Waals surface area contributed by atoms with Gasteiger partial charge in [-0.15, -0.1) is 0 Å². The van der Waals surface area contributed by atoms with E-state index < -0.39 is 0 Å². The molecule has 2 amide bonds. The molecule has 8 nitrogen and oxygen atoms in total. The standard InChI is InChI=1S/C33H35ClN4O4/c1-2-42-31(40)16-8-23-5-11-27-21-37(33(41)26-12-14-28(34)15-13-26)22-30(39)38(29(27)19-23)20-24-6-9-25(10-7-24)32(35)36-17-3-4-18-36/h5-7,9-15,19,35H,2-4,8,16-18,20-22H2,1H3. The number of hydrogen-bond acceptors (Lipinski definition) is 5. The number of carbonyl (C=O) groups excluding carboxylic acids is 3. The molecule has 1 fully saturated rings. The van der Waals surface area contributed by atoms with Crippen LogP contribution in [0, 0.1) is 5.41 Å². The predicted octanol–water partition coefficient (Wildman–Crippen LogP) is 5.45. The molecular weight excluding hydrogens is 552 g/mol. The second-order valence-corrected chi connectivity index (χ2v) is 11.1. The Morgan fingerprint density at radius 2 is 1.55 bits per heavy atom. The van der Waals surface area contributed by atoms with Crippen LogP contribution in [0.3, 0.4) is 0 Å². The SMILES string of the molecule is CCOC(=O)CCc1ccc2c(c1)N(Cc1ccc(C(=N)N3CCCC3)cc1)C(=O)CN(C(=O)c1ccc(Cl)cc1)C2. The van der Waals surface area contributed by atoms with Gasteiger partial charge in [-0.05, 0) is 73.2 Å². The molecule has 1 N–H and O–H groups in total. The second-order valence-electron chi connectivity index (χ2n) is 10.7. The predicted molar refractivity (Wildman–Crippen MR) is 163 cm³/mol. The first-order valence-corrected chi connectivity index (χ1v) is 14.8. The lowest BCUT2D eigenvalue weighted by Crippen LogP contribution is -2.39. The maximum Gasteiger partial charge on any atom is 0.306 e. The fourth-order valence-corrected chi connectivity index (χ4v) is 5.57. The van der Waals surface area contributed by atoms with Gasteiger partial charge < -0.3 is 19.4 Å². The zero-order chi connectivity index (χ0) is 29.6. The molecular formula is C33H35ClN4O4. The summed E-state index contributed by atoms with van der Waals surface area (Å²) in [6.07, 6.45) is 2.94. The van der Waals surface area contributed by atoms with E-state index in [1.807, 2.05) is 42.5 Å². The highest BCUT2D eigenvalue weighted by molar-refractivity contribution is 6.30. The molecule has 2 aliphatic heterocycles. The topological polar surface area (TPSA) is 94.0 Å². The molecule has 0 bridgehead atoms. The normalized spacial score (nSPS) is 14.9. The number of amidine groups is 1. The number of amides is 2. The van der Waals surface area contributed by atoms with Crippen molar-refractivity contribution < 1.29 is 19.1 Å². The number of anilines is 1. The molecule has 5 rings (SSSR count). The highest BCUT2D eigenvalue weighted by atomic mass is 35.5. The van der Waals surface area contributed by atoms with Gasteiger partial charge in [0.05, 0.1) is 13.2 Å². The summed E-state index contributed by atoms with van der Waals surface area (Å²) in [5.41, 5.74) is 4.71. The van der Waals surface area contributed by atoms with Gasteiger partial charge in [0.1, 0.15) is 12.4 Å². The van der Waals surface area contributed by atoms with Gasteiger partial charge in [-0.2, -0.15) is 0 Å². The summed E-state index contributed by atoms with van der Waals surface area (Å²) in [5, 5.41) is 9.09. The number of esters is 1. The fourth-order valence-electron chi connectivity index (χ4n) is 5.44. The molecule has 2 aliphatic rings. The third kappa shape index (κ3) is 6.82. The Bertz CT molecular complexity index is 1470. The molecule has 0 aliphatic carbocycles. The average Bonchev–Trinajstić information content (AvgIpc) is 3.50. The number of nitrogens with one attached hydrogen (secondary N) is 1. The Hall–Kier alpha value is -4.17. The molecule has 42 heavy (non-hydrogen) atoms. The first-order valence-electron chi connectivity index (χ1n) is 14.4. The zero-order valence-corrected chi connectivity index (χ0v) is 24.5. The average molecular weight is 587 g/mol. The number of halogens is 1. The minimum Gasteiger partial charge on any atom is -0.466 e. The third-order valence-corrected chi connectivity index (χ3v) is 7.97. The monoisotopic (exact) mass is 586 g/mol. The maximum absolute atomic E-state index is 13.8. The van der Waals surface area contributed by atoms with E-state index in [-0.39, 0.29) is 37.3 Å². The molecule has 1 saturated heterocycles. The number of nitrogens with zero attached hydrogens (tertiary/aromatic N) is 3. The molecule has 0 unspecified atom stereocenters. The van der Waals surface area contributed by atoms with Crippen LogP contribution in [0.4, 0.5) is 5.69 Å². The molecule has 0 spiro atoms. The van der Waals surface area contributed by atoms with E-state index in [0.717, 1.165) is 53.9 Å². The Labute approximate surface area is 251 Å².